The van der Waals surface area contributed by atoms with E-state index in [9.17, 15) is 4.39 Å². The minimum Gasteiger partial charge on any atom is -0.303 e. The Morgan fingerprint density at radius 1 is 0.780 bits per heavy atom. The van der Waals surface area contributed by atoms with Crippen LogP contribution in [0.5, 0.6) is 0 Å². The van der Waals surface area contributed by atoms with Crippen LogP contribution in [0, 0.1) is 12.8 Å². The van der Waals surface area contributed by atoms with Gasteiger partial charge in [0.05, 0.1) is 0 Å². The maximum atomic E-state index is 12.0. The van der Waals surface area contributed by atoms with E-state index in [0.717, 1.165) is 18.8 Å². The summed E-state index contributed by atoms with van der Waals surface area (Å²) < 4.78 is 12.0. The molecule has 0 radical (unpaired) electrons. The van der Waals surface area contributed by atoms with Crippen LogP contribution in [-0.4, -0.2) is 30.2 Å². The molecule has 3 rings (SSSR count). The van der Waals surface area contributed by atoms with Crippen molar-refractivity contribution < 1.29 is 4.39 Å². The average Bonchev–Trinajstić information content (AvgIpc) is 3.54. The summed E-state index contributed by atoms with van der Waals surface area (Å²) in [6.07, 6.45) is 18.0. The third-order valence-electron chi connectivity index (χ3n) is 8.32. The molecule has 0 amide bonds. The zero-order chi connectivity index (χ0) is 38.8. The first-order valence-electron chi connectivity index (χ1n) is 20.4. The minimum atomic E-state index is -1.19. The quantitative estimate of drug-likeness (QED) is 0.118. The van der Waals surface area contributed by atoms with E-state index in [1.807, 2.05) is 41.5 Å². The van der Waals surface area contributed by atoms with Crippen LogP contribution in [0.25, 0.3) is 5.57 Å². The van der Waals surface area contributed by atoms with Crippen molar-refractivity contribution in [3.05, 3.63) is 102 Å². The number of hydrogen-bond donors (Lipinski definition) is 0. The number of likely N-dealkylation sites (tertiary alicyclic amines) is 1. The number of aryl methyl sites for hydroxylation is 3. The molecule has 1 unspecified atom stereocenters. The predicted octanol–water partition coefficient (Wildman–Crippen LogP) is 15.6. The smallest absolute Gasteiger partial charge is 0.123 e. The van der Waals surface area contributed by atoms with Gasteiger partial charge in [-0.1, -0.05) is 160 Å². The van der Waals surface area contributed by atoms with Crippen molar-refractivity contribution in [2.75, 3.05) is 19.6 Å². The van der Waals surface area contributed by atoms with Crippen molar-refractivity contribution in [2.24, 2.45) is 5.92 Å². The number of halogens is 1. The molecule has 50 heavy (non-hydrogen) atoms. The van der Waals surface area contributed by atoms with E-state index in [1.165, 1.54) is 144 Å². The molecule has 0 bridgehead atoms. The molecule has 2 heteroatoms. The fourth-order valence-electron chi connectivity index (χ4n) is 5.24. The van der Waals surface area contributed by atoms with Crippen molar-refractivity contribution in [1.82, 2.24) is 4.90 Å². The summed E-state index contributed by atoms with van der Waals surface area (Å²) in [4.78, 5) is 2.63. The molecule has 0 aliphatic carbocycles. The summed E-state index contributed by atoms with van der Waals surface area (Å²) in [5.41, 5.74) is 6.96. The Balaban J connectivity index is -0.000000690. The zero-order valence-electron chi connectivity index (χ0n) is 35.5. The zero-order valence-corrected chi connectivity index (χ0v) is 35.5. The molecule has 1 nitrogen and oxygen atoms in total. The van der Waals surface area contributed by atoms with E-state index < -0.39 is 5.67 Å². The summed E-state index contributed by atoms with van der Waals surface area (Å²) in [7, 11) is 0. The van der Waals surface area contributed by atoms with Gasteiger partial charge in [0.1, 0.15) is 5.67 Å². The molecule has 1 saturated heterocycles. The lowest BCUT2D eigenvalue weighted by Crippen LogP contribution is -2.21. The van der Waals surface area contributed by atoms with Gasteiger partial charge in [0.15, 0.2) is 0 Å². The van der Waals surface area contributed by atoms with Gasteiger partial charge in [-0.05, 0) is 127 Å². The molecular weight excluding hydrogens is 610 g/mol. The molecule has 1 heterocycles. The van der Waals surface area contributed by atoms with E-state index in [4.69, 9.17) is 0 Å². The highest BCUT2D eigenvalue weighted by atomic mass is 19.1. The molecule has 1 atom stereocenters. The van der Waals surface area contributed by atoms with Crippen LogP contribution in [0.3, 0.4) is 0 Å². The lowest BCUT2D eigenvalue weighted by atomic mass is 9.99. The SMILES string of the molecule is C=C(C)CCCCC(=C)c1ccc(C)cc1.C=CC(C)(C)F.CC.CC.CC.CCCCCCCc1ccc(CCCN2CCC(C)C2)cc1. The molecule has 288 valence electrons. The molecule has 0 saturated carbocycles. The van der Waals surface area contributed by atoms with Gasteiger partial charge in [-0.3, -0.25) is 0 Å². The first-order chi connectivity index (χ1) is 23.9. The number of rotatable bonds is 17. The largest absolute Gasteiger partial charge is 0.303 e. The molecule has 2 aromatic carbocycles. The van der Waals surface area contributed by atoms with Gasteiger partial charge in [-0.25, -0.2) is 4.39 Å². The molecular formula is C48H84FN. The third-order valence-corrected chi connectivity index (χ3v) is 8.32. The fraction of sp³-hybridized carbons (Fsp3) is 0.625. The number of nitrogens with zero attached hydrogens (tertiary/aromatic N) is 1. The van der Waals surface area contributed by atoms with Crippen LogP contribution in [-0.2, 0) is 12.8 Å². The van der Waals surface area contributed by atoms with E-state index >= 15 is 0 Å². The summed E-state index contributed by atoms with van der Waals surface area (Å²) in [5, 5.41) is 0. The Morgan fingerprint density at radius 3 is 1.70 bits per heavy atom. The van der Waals surface area contributed by atoms with Crippen molar-refractivity contribution in [2.45, 2.75) is 172 Å². The number of unbranched alkanes of at least 4 members (excludes halogenated alkanes) is 5. The summed E-state index contributed by atoms with van der Waals surface area (Å²) >= 11 is 0. The van der Waals surface area contributed by atoms with Crippen LogP contribution in [0.4, 0.5) is 4.39 Å². The maximum Gasteiger partial charge on any atom is 0.123 e. The van der Waals surface area contributed by atoms with E-state index in [-0.39, 0.29) is 0 Å². The standard InChI is InChI=1S/C21H35N.C16H22.C5H9F.3C2H6/c1-3-4-5-6-7-9-20-11-13-21(14-12-20)10-8-16-22-17-15-19(2)18-22;1-13(2)7-5-6-8-15(4)16-11-9-14(3)10-12-16;1-4-5(2,3)6;3*1-2/h11-14,19H,3-10,15-18H2,1-2H3;9-12H,1,4-8H2,2-3H3;4H,1H2,2-3H3;3*1-2H3. The van der Waals surface area contributed by atoms with E-state index in [1.54, 1.807) is 0 Å². The highest BCUT2D eigenvalue weighted by Crippen LogP contribution is 2.20. The second-order valence-electron chi connectivity index (χ2n) is 13.7. The van der Waals surface area contributed by atoms with Crippen LogP contribution in [0.2, 0.25) is 0 Å². The summed E-state index contributed by atoms with van der Waals surface area (Å²) in [6.45, 7) is 39.0. The molecule has 0 N–H and O–H groups in total. The Hall–Kier alpha value is -2.45. The van der Waals surface area contributed by atoms with Gasteiger partial charge in [0, 0.05) is 6.54 Å². The highest BCUT2D eigenvalue weighted by molar-refractivity contribution is 5.63. The molecule has 0 aromatic heterocycles. The first-order valence-corrected chi connectivity index (χ1v) is 20.4. The number of hydrogen-bond acceptors (Lipinski definition) is 1. The van der Waals surface area contributed by atoms with Crippen LogP contribution >= 0.6 is 0 Å². The number of allylic oxidation sites excluding steroid dienone is 3. The Bertz CT molecular complexity index is 1040. The maximum absolute atomic E-state index is 12.0. The fourth-order valence-corrected chi connectivity index (χ4v) is 5.24. The Kier molecular flexibility index (Phi) is 36.3. The van der Waals surface area contributed by atoms with Gasteiger partial charge in [0.2, 0.25) is 0 Å². The predicted molar refractivity (Wildman–Crippen MR) is 230 cm³/mol. The lowest BCUT2D eigenvalue weighted by Gasteiger charge is -2.14. The van der Waals surface area contributed by atoms with Gasteiger partial charge in [-0.15, -0.1) is 6.58 Å². The summed E-state index contributed by atoms with van der Waals surface area (Å²) in [6, 6.07) is 18.0. The molecule has 1 fully saturated rings. The monoisotopic (exact) mass is 694 g/mol. The van der Waals surface area contributed by atoms with Crippen molar-refractivity contribution >= 4 is 5.57 Å². The molecule has 1 aliphatic heterocycles. The van der Waals surface area contributed by atoms with Gasteiger partial charge >= 0.3 is 0 Å². The highest BCUT2D eigenvalue weighted by Gasteiger charge is 2.17. The minimum absolute atomic E-state index is 0.914. The second kappa shape index (κ2) is 35.0. The average molecular weight is 694 g/mol. The number of alkyl halides is 1. The van der Waals surface area contributed by atoms with Gasteiger partial charge in [-0.2, -0.15) is 0 Å². The van der Waals surface area contributed by atoms with Crippen molar-refractivity contribution in [3.8, 4) is 0 Å². The van der Waals surface area contributed by atoms with Crippen molar-refractivity contribution in [1.29, 1.82) is 0 Å². The van der Waals surface area contributed by atoms with E-state index in [2.05, 4.69) is 101 Å². The normalized spacial score (nSPS) is 13.3. The first kappa shape index (κ1) is 51.9. The van der Waals surface area contributed by atoms with Crippen LogP contribution in [0.1, 0.15) is 169 Å². The number of benzene rings is 2. The van der Waals surface area contributed by atoms with Crippen molar-refractivity contribution in [3.63, 3.8) is 0 Å². The second-order valence-corrected chi connectivity index (χ2v) is 13.7. The molecule has 2 aromatic rings. The van der Waals surface area contributed by atoms with Crippen LogP contribution in [0.15, 0.2) is 79.9 Å². The molecule has 0 spiro atoms. The lowest BCUT2D eigenvalue weighted by molar-refractivity contribution is 0.288. The topological polar surface area (TPSA) is 3.24 Å². The summed E-state index contributed by atoms with van der Waals surface area (Å²) in [5.74, 6) is 0.914. The Labute approximate surface area is 314 Å². The Morgan fingerprint density at radius 2 is 1.26 bits per heavy atom. The van der Waals surface area contributed by atoms with Gasteiger partial charge < -0.3 is 4.90 Å². The van der Waals surface area contributed by atoms with E-state index in [0.29, 0.717) is 0 Å². The molecule has 1 aliphatic rings. The third kappa shape index (κ3) is 31.5. The van der Waals surface area contributed by atoms with Crippen LogP contribution < -0.4 is 0 Å². The van der Waals surface area contributed by atoms with Gasteiger partial charge in [0.25, 0.3) is 0 Å².